The highest BCUT2D eigenvalue weighted by atomic mass is 35.5. The number of rotatable bonds is 7. The summed E-state index contributed by atoms with van der Waals surface area (Å²) in [6, 6.07) is 4.37. The lowest BCUT2D eigenvalue weighted by Crippen LogP contribution is -2.46. The maximum atomic E-state index is 13.8. The number of alkyl halides is 6. The molecule has 0 saturated heterocycles. The van der Waals surface area contributed by atoms with Crippen LogP contribution in [0, 0.1) is 0 Å². The minimum absolute atomic E-state index is 0.142. The van der Waals surface area contributed by atoms with Crippen LogP contribution in [0.3, 0.4) is 0 Å². The molecular formula is C25H21Cl3F6N2O2. The van der Waals surface area contributed by atoms with Crippen molar-refractivity contribution in [2.45, 2.75) is 45.2 Å². The Kier molecular flexibility index (Phi) is 10.3. The monoisotopic (exact) mass is 600 g/mol. The number of benzene rings is 2. The highest BCUT2D eigenvalue weighted by molar-refractivity contribution is 6.48. The van der Waals surface area contributed by atoms with Gasteiger partial charge in [0.05, 0.1) is 38.3 Å². The molecule has 1 unspecified atom stereocenters. The predicted octanol–water partition coefficient (Wildman–Crippen LogP) is 8.18. The Labute approximate surface area is 229 Å². The molecule has 0 aromatic heterocycles. The Morgan fingerprint density at radius 2 is 1.53 bits per heavy atom. The van der Waals surface area contributed by atoms with Gasteiger partial charge in [0.25, 0.3) is 5.91 Å². The fourth-order valence-corrected chi connectivity index (χ4v) is 3.83. The van der Waals surface area contributed by atoms with Gasteiger partial charge in [-0.3, -0.25) is 9.59 Å². The van der Waals surface area contributed by atoms with Crippen molar-refractivity contribution >= 4 is 52.7 Å². The van der Waals surface area contributed by atoms with Crippen molar-refractivity contribution in [2.75, 3.05) is 0 Å². The van der Waals surface area contributed by atoms with E-state index in [0.717, 1.165) is 30.3 Å². The minimum Gasteiger partial charge on any atom is -0.332 e. The van der Waals surface area contributed by atoms with Crippen LogP contribution < -0.4 is 10.6 Å². The molecule has 2 N–H and O–H groups in total. The first-order valence-corrected chi connectivity index (χ1v) is 11.9. The molecule has 0 heterocycles. The van der Waals surface area contributed by atoms with Gasteiger partial charge in [-0.1, -0.05) is 59.1 Å². The van der Waals surface area contributed by atoms with E-state index in [4.69, 9.17) is 34.8 Å². The number of halogens is 9. The van der Waals surface area contributed by atoms with Gasteiger partial charge in [0.2, 0.25) is 5.91 Å². The minimum atomic E-state index is -5.01. The van der Waals surface area contributed by atoms with Crippen LogP contribution in [0.4, 0.5) is 26.3 Å². The summed E-state index contributed by atoms with van der Waals surface area (Å²) in [7, 11) is 0. The van der Waals surface area contributed by atoms with Crippen molar-refractivity contribution in [1.82, 2.24) is 10.6 Å². The normalized spacial score (nSPS) is 14.4. The third kappa shape index (κ3) is 8.15. The van der Waals surface area contributed by atoms with Gasteiger partial charge in [-0.2, -0.15) is 26.3 Å². The SMILES string of the molecule is C/C=C(/C)C(=O)N[C@@H](C)NC(=O)c1ccc(/C=C/C(c2cc(Cl)c(Cl)c(Cl)c2)C(F)(F)F)cc1C(F)(F)F. The van der Waals surface area contributed by atoms with Crippen LogP contribution in [0.15, 0.2) is 48.1 Å². The summed E-state index contributed by atoms with van der Waals surface area (Å²) in [6.45, 7) is 4.48. The molecule has 38 heavy (non-hydrogen) atoms. The van der Waals surface area contributed by atoms with Crippen LogP contribution in [-0.4, -0.2) is 24.2 Å². The number of amides is 2. The maximum absolute atomic E-state index is 13.8. The molecule has 0 aliphatic heterocycles. The number of hydrogen-bond acceptors (Lipinski definition) is 2. The van der Waals surface area contributed by atoms with E-state index in [-0.39, 0.29) is 26.2 Å². The van der Waals surface area contributed by atoms with Crippen molar-refractivity contribution in [3.05, 3.63) is 85.4 Å². The van der Waals surface area contributed by atoms with Crippen LogP contribution in [0.25, 0.3) is 6.08 Å². The van der Waals surface area contributed by atoms with E-state index < -0.39 is 47.4 Å². The predicted molar refractivity (Wildman–Crippen MR) is 135 cm³/mol. The van der Waals surface area contributed by atoms with Gasteiger partial charge in [0, 0.05) is 5.57 Å². The molecule has 2 aromatic carbocycles. The van der Waals surface area contributed by atoms with Gasteiger partial charge >= 0.3 is 12.4 Å². The maximum Gasteiger partial charge on any atom is 0.417 e. The summed E-state index contributed by atoms with van der Waals surface area (Å²) in [5.41, 5.74) is -2.44. The molecule has 2 aromatic rings. The van der Waals surface area contributed by atoms with Crippen LogP contribution in [-0.2, 0) is 11.0 Å². The van der Waals surface area contributed by atoms with E-state index in [1.807, 2.05) is 0 Å². The average molecular weight is 602 g/mol. The summed E-state index contributed by atoms with van der Waals surface area (Å²) in [6.07, 6.45) is -7.87. The van der Waals surface area contributed by atoms with Crippen molar-refractivity contribution in [3.63, 3.8) is 0 Å². The molecule has 0 radical (unpaired) electrons. The third-order valence-corrected chi connectivity index (χ3v) is 6.48. The molecule has 13 heteroatoms. The highest BCUT2D eigenvalue weighted by Gasteiger charge is 2.40. The summed E-state index contributed by atoms with van der Waals surface area (Å²) in [5, 5.41) is 4.06. The summed E-state index contributed by atoms with van der Waals surface area (Å²) >= 11 is 17.5. The van der Waals surface area contributed by atoms with Gasteiger partial charge in [-0.15, -0.1) is 0 Å². The Morgan fingerprint density at radius 1 is 0.947 bits per heavy atom. The van der Waals surface area contributed by atoms with Crippen molar-refractivity contribution in [3.8, 4) is 0 Å². The van der Waals surface area contributed by atoms with Gasteiger partial charge in [0.15, 0.2) is 0 Å². The Balaban J connectivity index is 2.40. The second-order valence-electron chi connectivity index (χ2n) is 8.12. The smallest absolute Gasteiger partial charge is 0.332 e. The molecule has 4 nitrogen and oxygen atoms in total. The van der Waals surface area contributed by atoms with Gasteiger partial charge in [0.1, 0.15) is 0 Å². The fourth-order valence-electron chi connectivity index (χ4n) is 3.22. The zero-order valence-corrected chi connectivity index (χ0v) is 22.3. The molecule has 0 fully saturated rings. The molecule has 0 aliphatic carbocycles. The molecule has 206 valence electrons. The van der Waals surface area contributed by atoms with Gasteiger partial charge in [-0.25, -0.2) is 0 Å². The van der Waals surface area contributed by atoms with Crippen LogP contribution >= 0.6 is 34.8 Å². The van der Waals surface area contributed by atoms with E-state index in [0.29, 0.717) is 17.7 Å². The number of carbonyl (C=O) groups is 2. The zero-order chi connectivity index (χ0) is 29.0. The number of carbonyl (C=O) groups excluding carboxylic acids is 2. The number of hydrogen-bond donors (Lipinski definition) is 2. The molecule has 0 aliphatic rings. The second-order valence-corrected chi connectivity index (χ2v) is 9.31. The van der Waals surface area contributed by atoms with Crippen molar-refractivity contribution < 1.29 is 35.9 Å². The van der Waals surface area contributed by atoms with E-state index in [2.05, 4.69) is 10.6 Å². The molecule has 0 bridgehead atoms. The summed E-state index contributed by atoms with van der Waals surface area (Å²) < 4.78 is 82.6. The van der Waals surface area contributed by atoms with E-state index in [1.54, 1.807) is 6.92 Å². The topological polar surface area (TPSA) is 58.2 Å². The first kappa shape index (κ1) is 31.5. The van der Waals surface area contributed by atoms with E-state index in [1.165, 1.54) is 19.9 Å². The second kappa shape index (κ2) is 12.4. The molecular weight excluding hydrogens is 581 g/mol. The molecule has 2 atom stereocenters. The van der Waals surface area contributed by atoms with Crippen molar-refractivity contribution in [1.29, 1.82) is 0 Å². The quantitative estimate of drug-likeness (QED) is 0.146. The summed E-state index contributed by atoms with van der Waals surface area (Å²) in [4.78, 5) is 24.5. The molecule has 0 saturated carbocycles. The first-order chi connectivity index (χ1) is 17.4. The molecule has 2 amide bonds. The lowest BCUT2D eigenvalue weighted by molar-refractivity contribution is -0.139. The van der Waals surface area contributed by atoms with Gasteiger partial charge < -0.3 is 10.6 Å². The van der Waals surface area contributed by atoms with E-state index in [9.17, 15) is 35.9 Å². The highest BCUT2D eigenvalue weighted by Crippen LogP contribution is 2.41. The standard InChI is InChI=1S/C25H21Cl3F6N2O2/c1-4-12(2)22(37)35-13(3)36-23(38)16-7-5-14(9-18(16)25(32,33)34)6-8-17(24(29,30)31)15-10-19(26)21(28)20(27)11-15/h4-11,13,17H,1-3H3,(H,35,37)(H,36,38)/b8-6+,12-4-/t13-,17?/m1/s1. The first-order valence-electron chi connectivity index (χ1n) is 10.8. The largest absolute Gasteiger partial charge is 0.417 e. The summed E-state index contributed by atoms with van der Waals surface area (Å²) in [5.74, 6) is -3.94. The lowest BCUT2D eigenvalue weighted by Gasteiger charge is -2.19. The van der Waals surface area contributed by atoms with Gasteiger partial charge in [-0.05, 0) is 56.2 Å². The van der Waals surface area contributed by atoms with Crippen molar-refractivity contribution in [2.24, 2.45) is 0 Å². The van der Waals surface area contributed by atoms with Crippen LogP contribution in [0.1, 0.15) is 53.7 Å². The van der Waals surface area contributed by atoms with Crippen LogP contribution in [0.2, 0.25) is 15.1 Å². The Hall–Kier alpha value is -2.69. The zero-order valence-electron chi connectivity index (χ0n) is 20.0. The fraction of sp³-hybridized carbons (Fsp3) is 0.280. The molecule has 0 spiro atoms. The molecule has 2 rings (SSSR count). The lowest BCUT2D eigenvalue weighted by atomic mass is 9.96. The Bertz CT molecular complexity index is 1250. The Morgan fingerprint density at radius 3 is 2.03 bits per heavy atom. The average Bonchev–Trinajstić information content (AvgIpc) is 2.80. The third-order valence-electron chi connectivity index (χ3n) is 5.28. The number of allylic oxidation sites excluding steroid dienone is 2. The number of nitrogens with one attached hydrogen (secondary N) is 2. The van der Waals surface area contributed by atoms with Crippen LogP contribution in [0.5, 0.6) is 0 Å². The van der Waals surface area contributed by atoms with E-state index >= 15 is 0 Å².